The smallest absolute Gasteiger partial charge is 0.232 e. The number of aldehydes is 1. The number of amides is 1. The van der Waals surface area contributed by atoms with Gasteiger partial charge in [0.1, 0.15) is 29.5 Å². The zero-order chi connectivity index (χ0) is 14.5. The van der Waals surface area contributed by atoms with E-state index in [4.69, 9.17) is 10.5 Å². The molecule has 0 aliphatic carbocycles. The molecule has 0 saturated carbocycles. The number of hydrogen-bond donors (Lipinski definition) is 1. The predicted molar refractivity (Wildman–Crippen MR) is 70.9 cm³/mol. The van der Waals surface area contributed by atoms with Crippen molar-refractivity contribution < 1.29 is 18.7 Å². The summed E-state index contributed by atoms with van der Waals surface area (Å²) < 4.78 is 18.2. The van der Waals surface area contributed by atoms with Gasteiger partial charge in [-0.05, 0) is 42.0 Å². The molecular weight excluding hydrogens is 261 g/mol. The molecule has 1 atom stereocenters. The van der Waals surface area contributed by atoms with Crippen molar-refractivity contribution in [2.75, 3.05) is 0 Å². The summed E-state index contributed by atoms with van der Waals surface area (Å²) in [5.41, 5.74) is 5.62. The molecule has 0 aliphatic rings. The normalized spacial score (nSPS) is 11.7. The number of carbonyl (C=O) groups is 2. The molecule has 0 spiro atoms. The Morgan fingerprint density at radius 3 is 2.00 bits per heavy atom. The second kappa shape index (κ2) is 5.97. The van der Waals surface area contributed by atoms with Crippen molar-refractivity contribution >= 4 is 12.2 Å². The molecule has 0 aliphatic heterocycles. The number of carbonyl (C=O) groups excluding carboxylic acids is 2. The van der Waals surface area contributed by atoms with Crippen LogP contribution in [0.5, 0.6) is 11.5 Å². The van der Waals surface area contributed by atoms with Gasteiger partial charge in [-0.1, -0.05) is 12.1 Å². The lowest BCUT2D eigenvalue weighted by Gasteiger charge is -2.09. The van der Waals surface area contributed by atoms with E-state index in [-0.39, 0.29) is 5.82 Å². The number of nitrogens with two attached hydrogens (primary N) is 1. The first-order chi connectivity index (χ1) is 9.60. The first-order valence-electron chi connectivity index (χ1n) is 5.88. The Morgan fingerprint density at radius 1 is 1.05 bits per heavy atom. The summed E-state index contributed by atoms with van der Waals surface area (Å²) in [7, 11) is 0. The maximum Gasteiger partial charge on any atom is 0.232 e. The third-order valence-corrected chi connectivity index (χ3v) is 2.73. The number of benzene rings is 2. The number of hydrogen-bond acceptors (Lipinski definition) is 3. The van der Waals surface area contributed by atoms with E-state index in [1.165, 1.54) is 24.3 Å². The van der Waals surface area contributed by atoms with Crippen LogP contribution in [0.4, 0.5) is 4.39 Å². The molecule has 4 nitrogen and oxygen atoms in total. The van der Waals surface area contributed by atoms with Crippen molar-refractivity contribution in [3.63, 3.8) is 0 Å². The van der Waals surface area contributed by atoms with E-state index < -0.39 is 11.8 Å². The molecule has 0 bridgehead atoms. The van der Waals surface area contributed by atoms with E-state index in [1.54, 1.807) is 24.3 Å². The molecule has 0 fully saturated rings. The van der Waals surface area contributed by atoms with Crippen LogP contribution in [0.3, 0.4) is 0 Å². The van der Waals surface area contributed by atoms with Gasteiger partial charge in [0.2, 0.25) is 5.91 Å². The molecule has 20 heavy (non-hydrogen) atoms. The molecule has 0 radical (unpaired) electrons. The molecule has 0 aromatic heterocycles. The zero-order valence-electron chi connectivity index (χ0n) is 10.5. The van der Waals surface area contributed by atoms with Gasteiger partial charge < -0.3 is 15.3 Å². The van der Waals surface area contributed by atoms with Crippen LogP contribution in [0, 0.1) is 5.82 Å². The first kappa shape index (κ1) is 13.7. The van der Waals surface area contributed by atoms with Gasteiger partial charge in [0.05, 0.1) is 0 Å². The Kier molecular flexibility index (Phi) is 4.10. The molecule has 1 amide bonds. The Bertz CT molecular complexity index is 608. The predicted octanol–water partition coefficient (Wildman–Crippen LogP) is 2.39. The largest absolute Gasteiger partial charge is 0.457 e. The second-order valence-electron chi connectivity index (χ2n) is 4.14. The van der Waals surface area contributed by atoms with Gasteiger partial charge in [-0.15, -0.1) is 0 Å². The van der Waals surface area contributed by atoms with E-state index in [0.29, 0.717) is 23.3 Å². The maximum absolute atomic E-state index is 12.7. The Balaban J connectivity index is 2.14. The van der Waals surface area contributed by atoms with Crippen LogP contribution < -0.4 is 10.5 Å². The van der Waals surface area contributed by atoms with Crippen LogP contribution in [0.2, 0.25) is 0 Å². The average Bonchev–Trinajstić information content (AvgIpc) is 2.44. The molecule has 2 aromatic carbocycles. The fourth-order valence-corrected chi connectivity index (χ4v) is 1.69. The lowest BCUT2D eigenvalue weighted by molar-refractivity contribution is -0.123. The van der Waals surface area contributed by atoms with E-state index in [0.717, 1.165) is 0 Å². The number of rotatable bonds is 5. The van der Waals surface area contributed by atoms with E-state index in [2.05, 4.69) is 0 Å². The van der Waals surface area contributed by atoms with Crippen LogP contribution >= 0.6 is 0 Å². The summed E-state index contributed by atoms with van der Waals surface area (Å²) in [6.45, 7) is 0. The Hall–Kier alpha value is -2.69. The fourth-order valence-electron chi connectivity index (χ4n) is 1.69. The van der Waals surface area contributed by atoms with Gasteiger partial charge in [0.25, 0.3) is 0 Å². The topological polar surface area (TPSA) is 69.4 Å². The molecule has 2 rings (SSSR count). The molecule has 0 heterocycles. The highest BCUT2D eigenvalue weighted by Gasteiger charge is 2.16. The summed E-state index contributed by atoms with van der Waals surface area (Å²) in [5, 5.41) is 0. The summed E-state index contributed by atoms with van der Waals surface area (Å²) in [6.07, 6.45) is 0.498. The lowest BCUT2D eigenvalue weighted by Crippen LogP contribution is -2.22. The van der Waals surface area contributed by atoms with Gasteiger partial charge in [-0.3, -0.25) is 4.79 Å². The highest BCUT2D eigenvalue weighted by atomic mass is 19.1. The van der Waals surface area contributed by atoms with Crippen molar-refractivity contribution in [1.82, 2.24) is 0 Å². The van der Waals surface area contributed by atoms with Crippen molar-refractivity contribution in [2.45, 2.75) is 5.92 Å². The number of halogens is 1. The third kappa shape index (κ3) is 3.20. The van der Waals surface area contributed by atoms with Gasteiger partial charge in [-0.2, -0.15) is 0 Å². The van der Waals surface area contributed by atoms with Crippen molar-refractivity contribution in [1.29, 1.82) is 0 Å². The number of primary amides is 1. The first-order valence-corrected chi connectivity index (χ1v) is 5.88. The average molecular weight is 273 g/mol. The zero-order valence-corrected chi connectivity index (χ0v) is 10.5. The fraction of sp³-hybridized carbons (Fsp3) is 0.0667. The summed E-state index contributed by atoms with van der Waals surface area (Å²) in [4.78, 5) is 21.9. The van der Waals surface area contributed by atoms with Gasteiger partial charge in [0, 0.05) is 0 Å². The molecular formula is C15H12FNO3. The highest BCUT2D eigenvalue weighted by Crippen LogP contribution is 2.23. The van der Waals surface area contributed by atoms with Crippen molar-refractivity contribution in [3.8, 4) is 11.5 Å². The molecule has 5 heteroatoms. The van der Waals surface area contributed by atoms with Crippen LogP contribution in [0.15, 0.2) is 48.5 Å². The van der Waals surface area contributed by atoms with E-state index >= 15 is 0 Å². The molecule has 1 unspecified atom stereocenters. The van der Waals surface area contributed by atoms with Crippen LogP contribution in [-0.4, -0.2) is 12.2 Å². The highest BCUT2D eigenvalue weighted by molar-refractivity contribution is 5.96. The van der Waals surface area contributed by atoms with Crippen molar-refractivity contribution in [2.24, 2.45) is 5.73 Å². The van der Waals surface area contributed by atoms with Crippen LogP contribution in [0.1, 0.15) is 11.5 Å². The molecule has 0 saturated heterocycles. The minimum absolute atomic E-state index is 0.344. The monoisotopic (exact) mass is 273 g/mol. The van der Waals surface area contributed by atoms with Gasteiger partial charge >= 0.3 is 0 Å². The summed E-state index contributed by atoms with van der Waals surface area (Å²) in [5.74, 6) is -1.01. The number of ether oxygens (including phenoxy) is 1. The third-order valence-electron chi connectivity index (χ3n) is 2.73. The lowest BCUT2D eigenvalue weighted by atomic mass is 10.0. The van der Waals surface area contributed by atoms with E-state index in [9.17, 15) is 14.0 Å². The van der Waals surface area contributed by atoms with Gasteiger partial charge in [-0.25, -0.2) is 4.39 Å². The summed E-state index contributed by atoms with van der Waals surface area (Å²) in [6, 6.07) is 12.0. The quantitative estimate of drug-likeness (QED) is 0.671. The molecule has 2 N–H and O–H groups in total. The standard InChI is InChI=1S/C15H12FNO3/c16-11-3-7-13(8-4-11)20-12-5-1-10(2-6-12)14(9-18)15(17)19/h1-9,14H,(H2,17,19). The van der Waals surface area contributed by atoms with Crippen LogP contribution in [0.25, 0.3) is 0 Å². The maximum atomic E-state index is 12.7. The van der Waals surface area contributed by atoms with E-state index in [1.807, 2.05) is 0 Å². The Morgan fingerprint density at radius 2 is 1.55 bits per heavy atom. The molecule has 2 aromatic rings. The summed E-state index contributed by atoms with van der Waals surface area (Å²) >= 11 is 0. The van der Waals surface area contributed by atoms with Crippen molar-refractivity contribution in [3.05, 3.63) is 59.9 Å². The minimum Gasteiger partial charge on any atom is -0.457 e. The SMILES string of the molecule is NC(=O)C(C=O)c1ccc(Oc2ccc(F)cc2)cc1. The van der Waals surface area contributed by atoms with Gasteiger partial charge in [0.15, 0.2) is 0 Å². The van der Waals surface area contributed by atoms with Crippen LogP contribution in [-0.2, 0) is 9.59 Å². The Labute approximate surface area is 115 Å². The molecule has 102 valence electrons. The second-order valence-corrected chi connectivity index (χ2v) is 4.14. The minimum atomic E-state index is -0.963.